The molecule has 19 heavy (non-hydrogen) atoms. The molecule has 0 spiro atoms. The summed E-state index contributed by atoms with van der Waals surface area (Å²) in [6, 6.07) is 16.6. The van der Waals surface area contributed by atoms with Crippen molar-refractivity contribution in [3.63, 3.8) is 0 Å². The van der Waals surface area contributed by atoms with Gasteiger partial charge in [-0.15, -0.1) is 0 Å². The second-order valence-electron chi connectivity index (χ2n) is 4.39. The SMILES string of the molecule is BNCCc1ccc(OCc2ccccc2)c(I)c1. The van der Waals surface area contributed by atoms with Crippen LogP contribution < -0.4 is 9.96 Å². The van der Waals surface area contributed by atoms with Gasteiger partial charge in [-0.05, 0) is 58.8 Å². The molecule has 0 heterocycles. The predicted octanol–water partition coefficient (Wildman–Crippen LogP) is 2.55. The summed E-state index contributed by atoms with van der Waals surface area (Å²) in [4.78, 5) is 0. The van der Waals surface area contributed by atoms with Gasteiger partial charge in [-0.25, -0.2) is 0 Å². The highest BCUT2D eigenvalue weighted by Crippen LogP contribution is 2.23. The zero-order chi connectivity index (χ0) is 13.5. The average molecular weight is 365 g/mol. The number of hydrogen-bond acceptors (Lipinski definition) is 2. The van der Waals surface area contributed by atoms with E-state index in [1.54, 1.807) is 0 Å². The zero-order valence-corrected chi connectivity index (χ0v) is 13.2. The highest BCUT2D eigenvalue weighted by molar-refractivity contribution is 14.1. The van der Waals surface area contributed by atoms with E-state index in [2.05, 4.69) is 58.2 Å². The molecule has 98 valence electrons. The van der Waals surface area contributed by atoms with E-state index in [0.29, 0.717) is 6.61 Å². The van der Waals surface area contributed by atoms with Gasteiger partial charge in [0.05, 0.1) is 3.57 Å². The summed E-state index contributed by atoms with van der Waals surface area (Å²) < 4.78 is 7.03. The number of benzene rings is 2. The van der Waals surface area contributed by atoms with Crippen molar-refractivity contribution in [2.24, 2.45) is 0 Å². The molecule has 0 radical (unpaired) electrons. The highest BCUT2D eigenvalue weighted by Gasteiger charge is 2.03. The lowest BCUT2D eigenvalue weighted by atomic mass is 10.1. The molecule has 0 aliphatic heterocycles. The van der Waals surface area contributed by atoms with Crippen LogP contribution in [0.5, 0.6) is 5.75 Å². The van der Waals surface area contributed by atoms with Crippen molar-refractivity contribution in [1.82, 2.24) is 5.23 Å². The zero-order valence-electron chi connectivity index (χ0n) is 11.0. The largest absolute Gasteiger partial charge is 0.488 e. The Morgan fingerprint density at radius 3 is 2.53 bits per heavy atom. The molecule has 0 bridgehead atoms. The predicted molar refractivity (Wildman–Crippen MR) is 90.2 cm³/mol. The maximum Gasteiger partial charge on any atom is 0.181 e. The molecule has 2 aromatic carbocycles. The quantitative estimate of drug-likeness (QED) is 0.628. The molecule has 0 aromatic heterocycles. The molecular weight excluding hydrogens is 348 g/mol. The third-order valence-corrected chi connectivity index (χ3v) is 3.74. The summed E-state index contributed by atoms with van der Waals surface area (Å²) in [7, 11) is 1.97. The Morgan fingerprint density at radius 1 is 1.05 bits per heavy atom. The number of nitrogens with one attached hydrogen (secondary N) is 1. The van der Waals surface area contributed by atoms with E-state index in [4.69, 9.17) is 4.74 Å². The van der Waals surface area contributed by atoms with Crippen LogP contribution in [0.3, 0.4) is 0 Å². The van der Waals surface area contributed by atoms with Crippen molar-refractivity contribution >= 4 is 30.6 Å². The Bertz CT molecular complexity index is 519. The van der Waals surface area contributed by atoms with E-state index in [9.17, 15) is 0 Å². The van der Waals surface area contributed by atoms with Gasteiger partial charge < -0.3 is 9.96 Å². The molecule has 2 rings (SSSR count). The lowest BCUT2D eigenvalue weighted by Crippen LogP contribution is -2.12. The third kappa shape index (κ3) is 4.55. The van der Waals surface area contributed by atoms with Gasteiger partial charge in [0.2, 0.25) is 0 Å². The molecule has 2 aromatic rings. The van der Waals surface area contributed by atoms with Gasteiger partial charge in [0, 0.05) is 0 Å². The second-order valence-corrected chi connectivity index (χ2v) is 5.55. The van der Waals surface area contributed by atoms with E-state index in [-0.39, 0.29) is 0 Å². The van der Waals surface area contributed by atoms with Gasteiger partial charge in [-0.3, -0.25) is 0 Å². The molecule has 2 nitrogen and oxygen atoms in total. The van der Waals surface area contributed by atoms with E-state index >= 15 is 0 Å². The first-order chi connectivity index (χ1) is 9.29. The van der Waals surface area contributed by atoms with Crippen molar-refractivity contribution in [3.05, 3.63) is 63.2 Å². The Labute approximate surface area is 129 Å². The molecule has 0 fully saturated rings. The number of hydrogen-bond donors (Lipinski definition) is 1. The van der Waals surface area contributed by atoms with Gasteiger partial charge in [0.15, 0.2) is 7.98 Å². The normalized spacial score (nSPS) is 10.4. The van der Waals surface area contributed by atoms with Crippen LogP contribution >= 0.6 is 22.6 Å². The van der Waals surface area contributed by atoms with Crippen LogP contribution in [-0.4, -0.2) is 14.5 Å². The molecule has 0 saturated heterocycles. The Morgan fingerprint density at radius 2 is 1.84 bits per heavy atom. The molecular formula is C15H17BINO. The lowest BCUT2D eigenvalue weighted by Gasteiger charge is -2.10. The summed E-state index contributed by atoms with van der Waals surface area (Å²) in [5.74, 6) is 0.956. The standard InChI is InChI=1S/C15H17BINO/c16-18-9-8-12-6-7-15(14(17)10-12)19-11-13-4-2-1-3-5-13/h1-7,10,18H,8-9,11,16H2. The maximum absolute atomic E-state index is 5.86. The van der Waals surface area contributed by atoms with Crippen LogP contribution in [0.25, 0.3) is 0 Å². The fraction of sp³-hybridized carbons (Fsp3) is 0.200. The van der Waals surface area contributed by atoms with E-state index in [0.717, 1.165) is 18.7 Å². The van der Waals surface area contributed by atoms with E-state index in [1.165, 1.54) is 14.7 Å². The fourth-order valence-corrected chi connectivity index (χ4v) is 2.56. The summed E-state index contributed by atoms with van der Waals surface area (Å²) in [5.41, 5.74) is 2.53. The molecule has 0 aliphatic rings. The summed E-state index contributed by atoms with van der Waals surface area (Å²) in [6.45, 7) is 1.62. The van der Waals surface area contributed by atoms with Crippen LogP contribution in [0.4, 0.5) is 0 Å². The topological polar surface area (TPSA) is 21.3 Å². The first-order valence-corrected chi connectivity index (χ1v) is 7.47. The molecule has 1 N–H and O–H groups in total. The molecule has 0 atom stereocenters. The number of rotatable bonds is 6. The van der Waals surface area contributed by atoms with Gasteiger partial charge in [-0.1, -0.05) is 36.4 Å². The van der Waals surface area contributed by atoms with Gasteiger partial charge >= 0.3 is 0 Å². The van der Waals surface area contributed by atoms with Crippen LogP contribution in [0.15, 0.2) is 48.5 Å². The molecule has 4 heteroatoms. The van der Waals surface area contributed by atoms with Crippen LogP contribution in [0, 0.1) is 3.57 Å². The Kier molecular flexibility index (Phi) is 5.73. The van der Waals surface area contributed by atoms with Gasteiger partial charge in [0.25, 0.3) is 0 Å². The minimum absolute atomic E-state index is 0.618. The van der Waals surface area contributed by atoms with Crippen LogP contribution in [0.2, 0.25) is 0 Å². The van der Waals surface area contributed by atoms with Crippen molar-refractivity contribution < 1.29 is 4.74 Å². The van der Waals surface area contributed by atoms with Crippen molar-refractivity contribution in [1.29, 1.82) is 0 Å². The Hall–Kier alpha value is -1.01. The average Bonchev–Trinajstić information content (AvgIpc) is 2.45. The minimum Gasteiger partial charge on any atom is -0.488 e. The Balaban J connectivity index is 1.97. The van der Waals surface area contributed by atoms with Crippen LogP contribution in [0.1, 0.15) is 11.1 Å². The summed E-state index contributed by atoms with van der Waals surface area (Å²) in [5, 5.41) is 3.16. The summed E-state index contributed by atoms with van der Waals surface area (Å²) in [6.07, 6.45) is 1.05. The van der Waals surface area contributed by atoms with E-state index in [1.807, 2.05) is 26.2 Å². The number of ether oxygens (including phenoxy) is 1. The molecule has 0 saturated carbocycles. The number of halogens is 1. The first-order valence-electron chi connectivity index (χ1n) is 6.39. The van der Waals surface area contributed by atoms with Crippen molar-refractivity contribution in [3.8, 4) is 5.75 Å². The third-order valence-electron chi connectivity index (χ3n) is 2.90. The highest BCUT2D eigenvalue weighted by atomic mass is 127. The second kappa shape index (κ2) is 7.55. The smallest absolute Gasteiger partial charge is 0.181 e. The fourth-order valence-electron chi connectivity index (χ4n) is 1.82. The molecule has 0 aliphatic carbocycles. The van der Waals surface area contributed by atoms with E-state index < -0.39 is 0 Å². The maximum atomic E-state index is 5.86. The van der Waals surface area contributed by atoms with Gasteiger partial charge in [-0.2, -0.15) is 0 Å². The first kappa shape index (κ1) is 14.4. The van der Waals surface area contributed by atoms with Gasteiger partial charge in [0.1, 0.15) is 12.4 Å². The minimum atomic E-state index is 0.618. The lowest BCUT2D eigenvalue weighted by molar-refractivity contribution is 0.304. The monoisotopic (exact) mass is 365 g/mol. The van der Waals surface area contributed by atoms with Crippen molar-refractivity contribution in [2.45, 2.75) is 13.0 Å². The molecule has 0 amide bonds. The van der Waals surface area contributed by atoms with Crippen molar-refractivity contribution in [2.75, 3.05) is 6.54 Å². The summed E-state index contributed by atoms with van der Waals surface area (Å²) >= 11 is 2.34. The van der Waals surface area contributed by atoms with Crippen LogP contribution in [-0.2, 0) is 13.0 Å². The molecule has 0 unspecified atom stereocenters.